The molecule has 24 heavy (non-hydrogen) atoms. The van der Waals surface area contributed by atoms with Gasteiger partial charge < -0.3 is 10.1 Å². The molecule has 2 fully saturated rings. The lowest BCUT2D eigenvalue weighted by Crippen LogP contribution is -2.41. The van der Waals surface area contributed by atoms with Crippen molar-refractivity contribution in [2.24, 2.45) is 0 Å². The van der Waals surface area contributed by atoms with Crippen LogP contribution in [0.1, 0.15) is 37.7 Å². The number of benzene rings is 1. The Morgan fingerprint density at radius 2 is 2.08 bits per heavy atom. The molecule has 1 heterocycles. The molecule has 0 radical (unpaired) electrons. The van der Waals surface area contributed by atoms with Gasteiger partial charge in [-0.1, -0.05) is 37.5 Å². The number of nitrogens with one attached hydrogen (secondary N) is 1. The zero-order valence-corrected chi connectivity index (χ0v) is 14.1. The fourth-order valence-electron chi connectivity index (χ4n) is 3.22. The lowest BCUT2D eigenvalue weighted by Gasteiger charge is -2.29. The number of ether oxygens (including phenoxy) is 1. The van der Waals surface area contributed by atoms with E-state index in [1.807, 2.05) is 24.3 Å². The van der Waals surface area contributed by atoms with Crippen molar-refractivity contribution in [1.82, 2.24) is 10.2 Å². The summed E-state index contributed by atoms with van der Waals surface area (Å²) in [5, 5.41) is 12.2. The Morgan fingerprint density at radius 3 is 2.83 bits per heavy atom. The van der Waals surface area contributed by atoms with E-state index in [0.29, 0.717) is 16.6 Å². The van der Waals surface area contributed by atoms with Crippen molar-refractivity contribution in [3.8, 4) is 11.8 Å². The quantitative estimate of drug-likeness (QED) is 0.674. The molecule has 3 rings (SSSR count). The van der Waals surface area contributed by atoms with Crippen LogP contribution in [0.15, 0.2) is 30.0 Å². The van der Waals surface area contributed by atoms with Gasteiger partial charge in [-0.25, -0.2) is 0 Å². The lowest BCUT2D eigenvalue weighted by atomic mass is 9.94. The Bertz CT molecular complexity index is 717. The van der Waals surface area contributed by atoms with Crippen molar-refractivity contribution in [3.63, 3.8) is 0 Å². The van der Waals surface area contributed by atoms with Crippen LogP contribution in [-0.2, 0) is 4.79 Å². The molecule has 1 amide bonds. The van der Waals surface area contributed by atoms with Crippen LogP contribution < -0.4 is 10.1 Å². The Morgan fingerprint density at radius 1 is 1.33 bits per heavy atom. The monoisotopic (exact) mass is 341 g/mol. The van der Waals surface area contributed by atoms with Crippen LogP contribution in [0.2, 0.25) is 0 Å². The van der Waals surface area contributed by atoms with Crippen LogP contribution in [0.4, 0.5) is 0 Å². The van der Waals surface area contributed by atoms with E-state index >= 15 is 0 Å². The SMILES string of the molecule is N#CCOc1ccccc1/C=C1\NC(=S)N(C2CCCCC2)C1=O. The lowest BCUT2D eigenvalue weighted by molar-refractivity contribution is -0.124. The van der Waals surface area contributed by atoms with E-state index in [4.69, 9.17) is 22.2 Å². The van der Waals surface area contributed by atoms with Crippen molar-refractivity contribution >= 4 is 29.3 Å². The van der Waals surface area contributed by atoms with Crippen LogP contribution >= 0.6 is 12.2 Å². The van der Waals surface area contributed by atoms with E-state index in [-0.39, 0.29) is 18.6 Å². The Balaban J connectivity index is 1.83. The molecule has 0 aromatic heterocycles. The Hall–Kier alpha value is -2.39. The average molecular weight is 341 g/mol. The number of para-hydroxylation sites is 1. The maximum Gasteiger partial charge on any atom is 0.276 e. The predicted octanol–water partition coefficient (Wildman–Crippen LogP) is 2.98. The standard InChI is InChI=1S/C18H19N3O2S/c19-10-11-23-16-9-5-4-6-13(16)12-15-17(22)21(18(24)20-15)14-7-2-1-3-8-14/h4-6,9,12,14H,1-3,7-8,11H2,(H,20,24)/b15-12-. The molecule has 1 N–H and O–H groups in total. The Kier molecular flexibility index (Phi) is 5.11. The molecule has 1 aromatic carbocycles. The summed E-state index contributed by atoms with van der Waals surface area (Å²) in [5.74, 6) is 0.491. The minimum Gasteiger partial charge on any atom is -0.478 e. The normalized spacial score (nSPS) is 20.1. The molecular weight excluding hydrogens is 322 g/mol. The number of thiocarbonyl (C=S) groups is 1. The van der Waals surface area contributed by atoms with Gasteiger partial charge in [0.1, 0.15) is 17.5 Å². The second-order valence-electron chi connectivity index (χ2n) is 5.94. The number of carbonyl (C=O) groups is 1. The van der Waals surface area contributed by atoms with E-state index < -0.39 is 0 Å². The van der Waals surface area contributed by atoms with E-state index in [2.05, 4.69) is 5.32 Å². The average Bonchev–Trinajstić information content (AvgIpc) is 2.88. The third-order valence-corrected chi connectivity index (χ3v) is 4.66. The molecule has 0 atom stereocenters. The van der Waals surface area contributed by atoms with Gasteiger partial charge in [-0.05, 0) is 37.2 Å². The van der Waals surface area contributed by atoms with Gasteiger partial charge in [0.25, 0.3) is 5.91 Å². The summed E-state index contributed by atoms with van der Waals surface area (Å²) < 4.78 is 5.41. The van der Waals surface area contributed by atoms with Gasteiger partial charge in [0.2, 0.25) is 0 Å². The third-order valence-electron chi connectivity index (χ3n) is 4.36. The van der Waals surface area contributed by atoms with Crippen LogP contribution in [-0.4, -0.2) is 28.6 Å². The fraction of sp³-hybridized carbons (Fsp3) is 0.389. The highest BCUT2D eigenvalue weighted by atomic mass is 32.1. The maximum absolute atomic E-state index is 12.8. The van der Waals surface area contributed by atoms with Gasteiger partial charge in [-0.15, -0.1) is 0 Å². The molecule has 0 unspecified atom stereocenters. The van der Waals surface area contributed by atoms with Gasteiger partial charge in [0.05, 0.1) is 0 Å². The van der Waals surface area contributed by atoms with E-state index in [1.54, 1.807) is 17.0 Å². The molecule has 5 nitrogen and oxygen atoms in total. The molecule has 124 valence electrons. The summed E-state index contributed by atoms with van der Waals surface area (Å²) in [6.07, 6.45) is 7.25. The van der Waals surface area contributed by atoms with Crippen molar-refractivity contribution < 1.29 is 9.53 Å². The Labute approximate surface area is 146 Å². The number of nitrogens with zero attached hydrogens (tertiary/aromatic N) is 2. The van der Waals surface area contributed by atoms with E-state index in [0.717, 1.165) is 31.2 Å². The molecule has 6 heteroatoms. The minimum absolute atomic E-state index is 0.0336. The summed E-state index contributed by atoms with van der Waals surface area (Å²) in [4.78, 5) is 14.5. The van der Waals surface area contributed by atoms with Crippen molar-refractivity contribution in [2.45, 2.75) is 38.1 Å². The first-order valence-electron chi connectivity index (χ1n) is 8.15. The number of rotatable bonds is 4. The van der Waals surface area contributed by atoms with Crippen LogP contribution in [0.25, 0.3) is 6.08 Å². The highest BCUT2D eigenvalue weighted by molar-refractivity contribution is 7.80. The molecule has 1 aliphatic carbocycles. The number of nitriles is 1. The zero-order valence-electron chi connectivity index (χ0n) is 13.3. The highest BCUT2D eigenvalue weighted by Crippen LogP contribution is 2.28. The summed E-state index contributed by atoms with van der Waals surface area (Å²) in [6.45, 7) is -0.0336. The molecule has 2 aliphatic rings. The first kappa shape index (κ1) is 16.5. The van der Waals surface area contributed by atoms with Crippen molar-refractivity contribution in [3.05, 3.63) is 35.5 Å². The zero-order chi connectivity index (χ0) is 16.9. The molecule has 1 saturated carbocycles. The van der Waals surface area contributed by atoms with Crippen molar-refractivity contribution in [2.75, 3.05) is 6.61 Å². The predicted molar refractivity (Wildman–Crippen MR) is 95.0 cm³/mol. The molecule has 0 bridgehead atoms. The first-order valence-corrected chi connectivity index (χ1v) is 8.56. The second kappa shape index (κ2) is 7.45. The van der Waals surface area contributed by atoms with E-state index in [1.165, 1.54) is 6.42 Å². The number of amides is 1. The maximum atomic E-state index is 12.8. The second-order valence-corrected chi connectivity index (χ2v) is 6.33. The largest absolute Gasteiger partial charge is 0.478 e. The first-order chi connectivity index (χ1) is 11.7. The molecular formula is C18H19N3O2S. The summed E-state index contributed by atoms with van der Waals surface area (Å²) in [7, 11) is 0. The minimum atomic E-state index is -0.0815. The van der Waals surface area contributed by atoms with Crippen molar-refractivity contribution in [1.29, 1.82) is 5.26 Å². The van der Waals surface area contributed by atoms with E-state index in [9.17, 15) is 4.79 Å². The fourth-order valence-corrected chi connectivity index (χ4v) is 3.56. The van der Waals surface area contributed by atoms with Gasteiger partial charge in [-0.3, -0.25) is 9.69 Å². The number of hydrogen-bond donors (Lipinski definition) is 1. The van der Waals surface area contributed by atoms with Gasteiger partial charge >= 0.3 is 0 Å². The van der Waals surface area contributed by atoms with Gasteiger partial charge in [0.15, 0.2) is 11.7 Å². The number of carbonyl (C=O) groups excluding carboxylic acids is 1. The smallest absolute Gasteiger partial charge is 0.276 e. The molecule has 1 aromatic rings. The summed E-state index contributed by atoms with van der Waals surface area (Å²) >= 11 is 5.37. The molecule has 1 saturated heterocycles. The summed E-state index contributed by atoms with van der Waals surface area (Å²) in [5.41, 5.74) is 1.20. The topological polar surface area (TPSA) is 65.4 Å². The van der Waals surface area contributed by atoms with Crippen LogP contribution in [0.3, 0.4) is 0 Å². The third kappa shape index (κ3) is 3.41. The van der Waals surface area contributed by atoms with Gasteiger partial charge in [0, 0.05) is 11.6 Å². The van der Waals surface area contributed by atoms with Gasteiger partial charge in [-0.2, -0.15) is 5.26 Å². The number of hydrogen-bond acceptors (Lipinski definition) is 4. The molecule has 1 aliphatic heterocycles. The molecule has 0 spiro atoms. The summed E-state index contributed by atoms with van der Waals surface area (Å²) in [6, 6.07) is 9.47. The highest BCUT2D eigenvalue weighted by Gasteiger charge is 2.36. The van der Waals surface area contributed by atoms with Crippen LogP contribution in [0, 0.1) is 11.3 Å². The van der Waals surface area contributed by atoms with Crippen LogP contribution in [0.5, 0.6) is 5.75 Å².